The van der Waals surface area contributed by atoms with Crippen LogP contribution in [0.1, 0.15) is 62.0 Å². The molecule has 2 heteroatoms. The van der Waals surface area contributed by atoms with E-state index in [4.69, 9.17) is 0 Å². The lowest BCUT2D eigenvalue weighted by molar-refractivity contribution is -0.111. The fourth-order valence-corrected chi connectivity index (χ4v) is 2.77. The Labute approximate surface area is 162 Å². The van der Waals surface area contributed by atoms with Gasteiger partial charge in [-0.3, -0.25) is 4.79 Å². The third kappa shape index (κ3) is 5.37. The van der Waals surface area contributed by atoms with Crippen molar-refractivity contribution in [1.29, 1.82) is 0 Å². The summed E-state index contributed by atoms with van der Waals surface area (Å²) in [6.07, 6.45) is 0.997. The lowest BCUT2D eigenvalue weighted by Gasteiger charge is -2.18. The highest BCUT2D eigenvalue weighted by Crippen LogP contribution is 2.23. The zero-order chi connectivity index (χ0) is 20.0. The normalized spacial score (nSPS) is 11.0. The minimum atomic E-state index is -0.366. The first-order chi connectivity index (χ1) is 12.7. The number of carbonyl (C=O) groups excluding carboxylic acids is 2. The number of ketones is 1. The molecular weight excluding hydrogens is 332 g/mol. The van der Waals surface area contributed by atoms with Crippen LogP contribution < -0.4 is 0 Å². The molecule has 3 rings (SSSR count). The van der Waals surface area contributed by atoms with Crippen molar-refractivity contribution < 1.29 is 9.59 Å². The van der Waals surface area contributed by atoms with E-state index in [2.05, 4.69) is 26.0 Å². The molecule has 0 aliphatic rings. The van der Waals surface area contributed by atoms with E-state index in [-0.39, 0.29) is 11.2 Å². The van der Waals surface area contributed by atoms with Gasteiger partial charge < -0.3 is 4.79 Å². The van der Waals surface area contributed by atoms with E-state index in [1.807, 2.05) is 68.4 Å². The van der Waals surface area contributed by atoms with Gasteiger partial charge in [0.1, 0.15) is 6.29 Å². The molecule has 0 N–H and O–H groups in total. The van der Waals surface area contributed by atoms with E-state index >= 15 is 0 Å². The van der Waals surface area contributed by atoms with Crippen LogP contribution in [0.25, 0.3) is 10.8 Å². The molecule has 0 fully saturated rings. The first-order valence-electron chi connectivity index (χ1n) is 9.31. The van der Waals surface area contributed by atoms with Crippen LogP contribution in [0.2, 0.25) is 0 Å². The molecule has 3 aromatic carbocycles. The molecular formula is C25H28O2. The highest BCUT2D eigenvalue weighted by molar-refractivity contribution is 5.98. The Bertz CT molecular complexity index is 918. The van der Waals surface area contributed by atoms with Crippen molar-refractivity contribution in [2.75, 3.05) is 0 Å². The monoisotopic (exact) mass is 360 g/mol. The summed E-state index contributed by atoms with van der Waals surface area (Å²) >= 11 is 0. The summed E-state index contributed by atoms with van der Waals surface area (Å²) in [5, 5.41) is 2.29. The van der Waals surface area contributed by atoms with Crippen molar-refractivity contribution in [2.45, 2.75) is 46.0 Å². The van der Waals surface area contributed by atoms with Gasteiger partial charge in [-0.2, -0.15) is 0 Å². The SMILES string of the molecule is CC(=O)c1ccc2ccccc2c1.CC(C)c1ccc(C(C)(C)C=O)cc1. The highest BCUT2D eigenvalue weighted by atomic mass is 16.1. The van der Waals surface area contributed by atoms with Gasteiger partial charge in [-0.15, -0.1) is 0 Å². The van der Waals surface area contributed by atoms with Crippen LogP contribution in [0.15, 0.2) is 66.7 Å². The average molecular weight is 360 g/mol. The third-order valence-corrected chi connectivity index (χ3v) is 4.77. The molecule has 0 heterocycles. The molecule has 0 bridgehead atoms. The molecule has 0 aliphatic carbocycles. The highest BCUT2D eigenvalue weighted by Gasteiger charge is 2.18. The summed E-state index contributed by atoms with van der Waals surface area (Å²) in [5.74, 6) is 0.661. The molecule has 2 nitrogen and oxygen atoms in total. The summed E-state index contributed by atoms with van der Waals surface area (Å²) in [6, 6.07) is 22.1. The van der Waals surface area contributed by atoms with Crippen LogP contribution >= 0.6 is 0 Å². The number of Topliss-reactive ketones (excluding diaryl/α,β-unsaturated/α-hetero) is 1. The predicted octanol–water partition coefficient (Wildman–Crippen LogP) is 6.33. The van der Waals surface area contributed by atoms with Crippen LogP contribution in [-0.4, -0.2) is 12.1 Å². The maximum atomic E-state index is 11.1. The number of hydrogen-bond acceptors (Lipinski definition) is 2. The number of fused-ring (bicyclic) bond motifs is 1. The third-order valence-electron chi connectivity index (χ3n) is 4.77. The second-order valence-electron chi connectivity index (χ2n) is 7.73. The maximum Gasteiger partial charge on any atom is 0.159 e. The Morgan fingerprint density at radius 2 is 1.48 bits per heavy atom. The number of rotatable bonds is 4. The molecule has 0 spiro atoms. The maximum absolute atomic E-state index is 11.1. The number of aldehydes is 1. The fourth-order valence-electron chi connectivity index (χ4n) is 2.77. The summed E-state index contributed by atoms with van der Waals surface area (Å²) < 4.78 is 0. The van der Waals surface area contributed by atoms with Gasteiger partial charge in [0.25, 0.3) is 0 Å². The van der Waals surface area contributed by atoms with Crippen LogP contribution in [-0.2, 0) is 10.2 Å². The number of hydrogen-bond donors (Lipinski definition) is 0. The van der Waals surface area contributed by atoms with Crippen molar-refractivity contribution in [3.8, 4) is 0 Å². The van der Waals surface area contributed by atoms with Gasteiger partial charge >= 0.3 is 0 Å². The van der Waals surface area contributed by atoms with Crippen LogP contribution in [0.4, 0.5) is 0 Å². The van der Waals surface area contributed by atoms with Gasteiger partial charge in [-0.05, 0) is 54.7 Å². The smallest absolute Gasteiger partial charge is 0.159 e. The zero-order valence-electron chi connectivity index (χ0n) is 16.8. The van der Waals surface area contributed by atoms with E-state index in [1.165, 1.54) is 10.9 Å². The first kappa shape index (κ1) is 20.6. The molecule has 0 saturated carbocycles. The molecule has 27 heavy (non-hydrogen) atoms. The Hall–Kier alpha value is -2.74. The van der Waals surface area contributed by atoms with Crippen molar-refractivity contribution in [1.82, 2.24) is 0 Å². The van der Waals surface area contributed by atoms with Crippen LogP contribution in [0, 0.1) is 0 Å². The molecule has 0 saturated heterocycles. The lowest BCUT2D eigenvalue weighted by Crippen LogP contribution is -2.18. The quantitative estimate of drug-likeness (QED) is 0.402. The number of carbonyl (C=O) groups is 2. The van der Waals surface area contributed by atoms with Crippen LogP contribution in [0.5, 0.6) is 0 Å². The van der Waals surface area contributed by atoms with Gasteiger partial charge in [0, 0.05) is 11.0 Å². The van der Waals surface area contributed by atoms with Gasteiger partial charge in [0.2, 0.25) is 0 Å². The molecule has 3 aromatic rings. The van der Waals surface area contributed by atoms with Crippen molar-refractivity contribution >= 4 is 22.8 Å². The Morgan fingerprint density at radius 3 is 2.00 bits per heavy atom. The molecule has 140 valence electrons. The second-order valence-corrected chi connectivity index (χ2v) is 7.73. The summed E-state index contributed by atoms with van der Waals surface area (Å²) in [4.78, 5) is 21.9. The topological polar surface area (TPSA) is 34.1 Å². The first-order valence-corrected chi connectivity index (χ1v) is 9.31. The largest absolute Gasteiger partial charge is 0.302 e. The molecule has 0 amide bonds. The second kappa shape index (κ2) is 8.77. The minimum Gasteiger partial charge on any atom is -0.302 e. The number of benzene rings is 3. The Kier molecular flexibility index (Phi) is 6.68. The van der Waals surface area contributed by atoms with E-state index in [9.17, 15) is 9.59 Å². The Balaban J connectivity index is 0.000000194. The Morgan fingerprint density at radius 1 is 0.889 bits per heavy atom. The zero-order valence-corrected chi connectivity index (χ0v) is 16.8. The molecule has 0 aromatic heterocycles. The van der Waals surface area contributed by atoms with Gasteiger partial charge in [0.05, 0.1) is 0 Å². The average Bonchev–Trinajstić information content (AvgIpc) is 2.68. The van der Waals surface area contributed by atoms with Gasteiger partial charge in [-0.1, -0.05) is 74.5 Å². The van der Waals surface area contributed by atoms with Crippen LogP contribution in [0.3, 0.4) is 0 Å². The van der Waals surface area contributed by atoms with Gasteiger partial charge in [0.15, 0.2) is 5.78 Å². The van der Waals surface area contributed by atoms with Crippen molar-refractivity contribution in [2.24, 2.45) is 0 Å². The fraction of sp³-hybridized carbons (Fsp3) is 0.280. The van der Waals surface area contributed by atoms with Crippen molar-refractivity contribution in [3.63, 3.8) is 0 Å². The molecule has 0 atom stereocenters. The molecule has 0 radical (unpaired) electrons. The lowest BCUT2D eigenvalue weighted by atomic mass is 9.85. The van der Waals surface area contributed by atoms with E-state index in [0.717, 1.165) is 22.8 Å². The van der Waals surface area contributed by atoms with E-state index < -0.39 is 0 Å². The summed E-state index contributed by atoms with van der Waals surface area (Å²) in [5.41, 5.74) is 2.81. The summed E-state index contributed by atoms with van der Waals surface area (Å²) in [7, 11) is 0. The molecule has 0 unspecified atom stereocenters. The van der Waals surface area contributed by atoms with E-state index in [0.29, 0.717) is 5.92 Å². The predicted molar refractivity (Wildman–Crippen MR) is 114 cm³/mol. The standard InChI is InChI=1S/C13H18O.C12H10O/c1-10(2)11-5-7-12(8-6-11)13(3,4)9-14;1-9(13)11-7-6-10-4-2-3-5-12(10)8-11/h5-10H,1-4H3;2-8H,1H3. The van der Waals surface area contributed by atoms with Crippen molar-refractivity contribution in [3.05, 3.63) is 83.4 Å². The molecule has 0 aliphatic heterocycles. The van der Waals surface area contributed by atoms with Gasteiger partial charge in [-0.25, -0.2) is 0 Å². The van der Waals surface area contributed by atoms with E-state index in [1.54, 1.807) is 6.92 Å². The minimum absolute atomic E-state index is 0.116. The summed E-state index contributed by atoms with van der Waals surface area (Å²) in [6.45, 7) is 9.79.